The second-order valence-electron chi connectivity index (χ2n) is 3.70. The summed E-state index contributed by atoms with van der Waals surface area (Å²) in [5.74, 6) is 0. The molecule has 0 aromatic heterocycles. The molecule has 2 rings (SSSR count). The minimum absolute atomic E-state index is 0. The van der Waals surface area contributed by atoms with Gasteiger partial charge in [-0.05, 0) is 32.0 Å². The molecule has 1 aliphatic heterocycles. The van der Waals surface area contributed by atoms with E-state index < -0.39 is 5.67 Å². The second-order valence-corrected chi connectivity index (χ2v) is 4.10. The van der Waals surface area contributed by atoms with Gasteiger partial charge in [0.25, 0.3) is 0 Å². The monoisotopic (exact) mass is 249 g/mol. The molecule has 0 amide bonds. The smallest absolute Gasteiger partial charge is 0.139 e. The fraction of sp³-hybridized carbons (Fsp3) is 0.455. The average molecular weight is 250 g/mol. The summed E-state index contributed by atoms with van der Waals surface area (Å²) in [6.45, 7) is 1.45. The van der Waals surface area contributed by atoms with E-state index in [-0.39, 0.29) is 12.4 Å². The van der Waals surface area contributed by atoms with Crippen LogP contribution in [0.15, 0.2) is 24.3 Å². The predicted molar refractivity (Wildman–Crippen MR) is 63.6 cm³/mol. The van der Waals surface area contributed by atoms with E-state index in [0.29, 0.717) is 23.4 Å². The van der Waals surface area contributed by atoms with Crippen LogP contribution in [0, 0.1) is 0 Å². The van der Waals surface area contributed by atoms with Gasteiger partial charge in [-0.15, -0.1) is 12.4 Å². The third-order valence-electron chi connectivity index (χ3n) is 2.75. The van der Waals surface area contributed by atoms with Crippen LogP contribution in [0.2, 0.25) is 5.02 Å². The number of benzene rings is 1. The van der Waals surface area contributed by atoms with Gasteiger partial charge in [-0.3, -0.25) is 0 Å². The Labute approximate surface area is 100 Å². The lowest BCUT2D eigenvalue weighted by molar-refractivity contribution is 0.115. The molecule has 0 spiro atoms. The van der Waals surface area contributed by atoms with Crippen molar-refractivity contribution in [2.24, 2.45) is 0 Å². The molecule has 1 nitrogen and oxygen atoms in total. The molecule has 1 aromatic rings. The van der Waals surface area contributed by atoms with Gasteiger partial charge in [0.1, 0.15) is 5.67 Å². The van der Waals surface area contributed by atoms with Gasteiger partial charge < -0.3 is 5.32 Å². The van der Waals surface area contributed by atoms with Gasteiger partial charge in [-0.1, -0.05) is 29.8 Å². The van der Waals surface area contributed by atoms with Gasteiger partial charge in [-0.2, -0.15) is 0 Å². The van der Waals surface area contributed by atoms with E-state index >= 15 is 0 Å². The van der Waals surface area contributed by atoms with Gasteiger partial charge >= 0.3 is 0 Å². The molecule has 0 saturated carbocycles. The lowest BCUT2D eigenvalue weighted by atomic mass is 9.87. The Bertz CT molecular complexity index is 324. The Kier molecular flexibility index (Phi) is 4.38. The zero-order valence-corrected chi connectivity index (χ0v) is 9.87. The van der Waals surface area contributed by atoms with Gasteiger partial charge in [0.05, 0.1) is 0 Å². The fourth-order valence-corrected chi connectivity index (χ4v) is 2.22. The number of nitrogens with one attached hydrogen (secondary N) is 1. The topological polar surface area (TPSA) is 12.0 Å². The zero-order chi connectivity index (χ0) is 10.0. The van der Waals surface area contributed by atoms with E-state index in [0.717, 1.165) is 13.1 Å². The molecule has 0 bridgehead atoms. The van der Waals surface area contributed by atoms with E-state index in [1.165, 1.54) is 0 Å². The van der Waals surface area contributed by atoms with Crippen LogP contribution in [0.5, 0.6) is 0 Å². The van der Waals surface area contributed by atoms with Gasteiger partial charge in [0, 0.05) is 10.6 Å². The van der Waals surface area contributed by atoms with Crippen molar-refractivity contribution >= 4 is 24.0 Å². The average Bonchev–Trinajstić information content (AvgIpc) is 2.19. The van der Waals surface area contributed by atoms with Crippen LogP contribution in [0.4, 0.5) is 4.39 Å². The van der Waals surface area contributed by atoms with Crippen LogP contribution >= 0.6 is 24.0 Å². The van der Waals surface area contributed by atoms with Crippen molar-refractivity contribution in [2.45, 2.75) is 18.5 Å². The van der Waals surface area contributed by atoms with Crippen LogP contribution in [-0.4, -0.2) is 13.1 Å². The van der Waals surface area contributed by atoms with E-state index in [1.807, 2.05) is 12.1 Å². The molecule has 1 N–H and O–H groups in total. The van der Waals surface area contributed by atoms with Crippen molar-refractivity contribution < 1.29 is 4.39 Å². The first-order valence-electron chi connectivity index (χ1n) is 4.87. The Morgan fingerprint density at radius 2 is 1.80 bits per heavy atom. The molecule has 1 fully saturated rings. The molecule has 4 heteroatoms. The van der Waals surface area contributed by atoms with Crippen LogP contribution in [0.25, 0.3) is 0 Å². The normalized spacial score (nSPS) is 19.3. The van der Waals surface area contributed by atoms with Crippen molar-refractivity contribution in [2.75, 3.05) is 13.1 Å². The maximum Gasteiger partial charge on any atom is 0.139 e. The van der Waals surface area contributed by atoms with Crippen molar-refractivity contribution in [3.8, 4) is 0 Å². The van der Waals surface area contributed by atoms with E-state index in [4.69, 9.17) is 11.6 Å². The first-order chi connectivity index (χ1) is 6.72. The first kappa shape index (κ1) is 12.8. The molecule has 1 aromatic carbocycles. The molecule has 1 heterocycles. The number of piperidine rings is 1. The lowest BCUT2D eigenvalue weighted by Crippen LogP contribution is -2.36. The number of rotatable bonds is 1. The van der Waals surface area contributed by atoms with E-state index in [1.54, 1.807) is 12.1 Å². The Hall–Kier alpha value is -0.310. The maximum absolute atomic E-state index is 14.4. The molecule has 1 aliphatic rings. The third kappa shape index (κ3) is 2.63. The molecule has 0 atom stereocenters. The van der Waals surface area contributed by atoms with Crippen LogP contribution < -0.4 is 5.32 Å². The zero-order valence-electron chi connectivity index (χ0n) is 8.30. The SMILES string of the molecule is Cl.FC1(c2ccccc2Cl)CCNCC1. The fourth-order valence-electron chi connectivity index (χ4n) is 1.92. The first-order valence-corrected chi connectivity index (χ1v) is 5.25. The summed E-state index contributed by atoms with van der Waals surface area (Å²) in [6.07, 6.45) is 1.02. The molecule has 84 valence electrons. The summed E-state index contributed by atoms with van der Waals surface area (Å²) in [5.41, 5.74) is -0.591. The van der Waals surface area contributed by atoms with Gasteiger partial charge in [0.2, 0.25) is 0 Å². The molecule has 15 heavy (non-hydrogen) atoms. The number of halogens is 3. The summed E-state index contributed by atoms with van der Waals surface area (Å²) in [7, 11) is 0. The van der Waals surface area contributed by atoms with Gasteiger partial charge in [0.15, 0.2) is 0 Å². The summed E-state index contributed by atoms with van der Waals surface area (Å²) in [5, 5.41) is 3.68. The highest BCUT2D eigenvalue weighted by Crippen LogP contribution is 2.38. The summed E-state index contributed by atoms with van der Waals surface area (Å²) >= 11 is 5.99. The van der Waals surface area contributed by atoms with Crippen molar-refractivity contribution in [1.82, 2.24) is 5.32 Å². The number of hydrogen-bond acceptors (Lipinski definition) is 1. The predicted octanol–water partition coefficient (Wildman–Crippen LogP) is 3.31. The Morgan fingerprint density at radius 1 is 1.20 bits per heavy atom. The van der Waals surface area contributed by atoms with Crippen LogP contribution in [-0.2, 0) is 5.67 Å². The van der Waals surface area contributed by atoms with E-state index in [9.17, 15) is 4.39 Å². The molecular weight excluding hydrogens is 236 g/mol. The summed E-state index contributed by atoms with van der Waals surface area (Å²) in [4.78, 5) is 0. The second kappa shape index (κ2) is 5.15. The third-order valence-corrected chi connectivity index (χ3v) is 3.08. The standard InChI is InChI=1S/C11H13ClFN.ClH/c12-10-4-2-1-3-9(10)11(13)5-7-14-8-6-11;/h1-4,14H,5-8H2;1H. The maximum atomic E-state index is 14.4. The molecule has 0 unspecified atom stereocenters. The lowest BCUT2D eigenvalue weighted by Gasteiger charge is -2.31. The van der Waals surface area contributed by atoms with Crippen molar-refractivity contribution in [1.29, 1.82) is 0 Å². The molecule has 1 saturated heterocycles. The summed E-state index contributed by atoms with van der Waals surface area (Å²) in [6, 6.07) is 7.20. The minimum atomic E-state index is -1.23. The number of hydrogen-bond donors (Lipinski definition) is 1. The van der Waals surface area contributed by atoms with Crippen molar-refractivity contribution in [3.63, 3.8) is 0 Å². The highest BCUT2D eigenvalue weighted by Gasteiger charge is 2.34. The van der Waals surface area contributed by atoms with Crippen LogP contribution in [0.3, 0.4) is 0 Å². The van der Waals surface area contributed by atoms with E-state index in [2.05, 4.69) is 5.32 Å². The minimum Gasteiger partial charge on any atom is -0.316 e. The quantitative estimate of drug-likeness (QED) is 0.806. The Morgan fingerprint density at radius 3 is 2.40 bits per heavy atom. The summed E-state index contributed by atoms with van der Waals surface area (Å²) < 4.78 is 14.4. The van der Waals surface area contributed by atoms with Crippen molar-refractivity contribution in [3.05, 3.63) is 34.9 Å². The Balaban J connectivity index is 0.00000112. The number of alkyl halides is 1. The molecular formula is C11H14Cl2FN. The highest BCUT2D eigenvalue weighted by atomic mass is 35.5. The van der Waals surface area contributed by atoms with Crippen LogP contribution in [0.1, 0.15) is 18.4 Å². The molecule has 0 aliphatic carbocycles. The molecule has 0 radical (unpaired) electrons. The largest absolute Gasteiger partial charge is 0.316 e. The van der Waals surface area contributed by atoms with Gasteiger partial charge in [-0.25, -0.2) is 4.39 Å². The highest BCUT2D eigenvalue weighted by molar-refractivity contribution is 6.31.